The molecule has 0 fully saturated rings. The van der Waals surface area contributed by atoms with Gasteiger partial charge in [-0.05, 0) is 75.3 Å². The molecule has 0 unspecified atom stereocenters. The molecule has 4 aromatic heterocycles. The van der Waals surface area contributed by atoms with Crippen LogP contribution in [0.4, 0.5) is 0 Å². The molecule has 0 amide bonds. The maximum Gasteiger partial charge on any atom is 0.238 e. The molecule has 72 heavy (non-hydrogen) atoms. The van der Waals surface area contributed by atoms with Crippen LogP contribution >= 0.6 is 0 Å². The third kappa shape index (κ3) is 5.93. The minimum atomic E-state index is -0.167. The van der Waals surface area contributed by atoms with E-state index < -0.39 is 0 Å². The first-order valence-electron chi connectivity index (χ1n) is 24.6. The molecule has 0 radical (unpaired) electrons. The summed E-state index contributed by atoms with van der Waals surface area (Å²) in [5.41, 5.74) is 18.3. The summed E-state index contributed by atoms with van der Waals surface area (Å²) in [7, 11) is 0. The number of fused-ring (bicyclic) bond motifs is 13. The summed E-state index contributed by atoms with van der Waals surface area (Å²) in [5, 5.41) is 6.64. The van der Waals surface area contributed by atoms with Gasteiger partial charge in [-0.1, -0.05) is 202 Å². The zero-order chi connectivity index (χ0) is 47.7. The molecule has 15 rings (SSSR count). The van der Waals surface area contributed by atoms with Gasteiger partial charge in [0, 0.05) is 60.1 Å². The van der Waals surface area contributed by atoms with E-state index in [-0.39, 0.29) is 5.41 Å². The third-order valence-electron chi connectivity index (χ3n) is 15.2. The highest BCUT2D eigenvalue weighted by molar-refractivity contribution is 6.24. The molecule has 0 bridgehead atoms. The van der Waals surface area contributed by atoms with Crippen LogP contribution in [0.3, 0.4) is 0 Å². The molecule has 0 saturated carbocycles. The highest BCUT2D eigenvalue weighted by atomic mass is 16.3. The summed E-state index contributed by atoms with van der Waals surface area (Å²) >= 11 is 0. The number of para-hydroxylation sites is 3. The van der Waals surface area contributed by atoms with Crippen LogP contribution in [-0.4, -0.2) is 24.1 Å². The molecule has 0 saturated heterocycles. The van der Waals surface area contributed by atoms with Gasteiger partial charge < -0.3 is 8.98 Å². The summed E-state index contributed by atoms with van der Waals surface area (Å²) in [6.07, 6.45) is 0. The second kappa shape index (κ2) is 15.3. The molecule has 0 N–H and O–H groups in total. The van der Waals surface area contributed by atoms with E-state index in [0.29, 0.717) is 17.6 Å². The molecular weight excluding hydrogens is 879 g/mol. The molecule has 10 aromatic carbocycles. The van der Waals surface area contributed by atoms with Crippen molar-refractivity contribution in [2.75, 3.05) is 0 Å². The lowest BCUT2D eigenvalue weighted by Crippen LogP contribution is -2.14. The Morgan fingerprint density at radius 1 is 0.361 bits per heavy atom. The van der Waals surface area contributed by atoms with E-state index in [1.54, 1.807) is 0 Å². The average Bonchev–Trinajstić information content (AvgIpc) is 4.16. The molecule has 0 atom stereocenters. The Bertz CT molecular complexity index is 4520. The molecular formula is C66H43N5O. The molecule has 1 aliphatic rings. The molecule has 1 aliphatic carbocycles. The smallest absolute Gasteiger partial charge is 0.238 e. The fourth-order valence-corrected chi connectivity index (χ4v) is 11.8. The second-order valence-electron chi connectivity index (χ2n) is 19.6. The van der Waals surface area contributed by atoms with E-state index >= 15 is 0 Å². The predicted molar refractivity (Wildman–Crippen MR) is 295 cm³/mol. The first-order chi connectivity index (χ1) is 35.5. The Kier molecular flexibility index (Phi) is 8.61. The largest absolute Gasteiger partial charge is 0.455 e. The normalized spacial score (nSPS) is 13.0. The zero-order valence-electron chi connectivity index (χ0n) is 39.5. The number of aromatic nitrogens is 5. The molecule has 14 aromatic rings. The molecule has 0 aliphatic heterocycles. The molecule has 6 nitrogen and oxygen atoms in total. The van der Waals surface area contributed by atoms with Crippen molar-refractivity contribution < 1.29 is 4.42 Å². The number of furan rings is 1. The van der Waals surface area contributed by atoms with Gasteiger partial charge in [-0.2, -0.15) is 9.97 Å². The monoisotopic (exact) mass is 921 g/mol. The van der Waals surface area contributed by atoms with E-state index in [4.69, 9.17) is 19.4 Å². The average molecular weight is 922 g/mol. The molecule has 6 heteroatoms. The number of hydrogen-bond donors (Lipinski definition) is 0. The van der Waals surface area contributed by atoms with Crippen LogP contribution in [0.1, 0.15) is 25.0 Å². The second-order valence-corrected chi connectivity index (χ2v) is 19.6. The third-order valence-corrected chi connectivity index (χ3v) is 15.2. The summed E-state index contributed by atoms with van der Waals surface area (Å²) in [6.45, 7) is 4.69. The Morgan fingerprint density at radius 2 is 0.889 bits per heavy atom. The van der Waals surface area contributed by atoms with Gasteiger partial charge in [-0.15, -0.1) is 0 Å². The van der Waals surface area contributed by atoms with Crippen LogP contribution in [0.15, 0.2) is 229 Å². The Morgan fingerprint density at radius 3 is 1.61 bits per heavy atom. The fourth-order valence-electron chi connectivity index (χ4n) is 11.8. The number of hydrogen-bond acceptors (Lipinski definition) is 4. The van der Waals surface area contributed by atoms with Crippen molar-refractivity contribution in [1.29, 1.82) is 0 Å². The lowest BCUT2D eigenvalue weighted by molar-refractivity contribution is 0.660. The summed E-state index contributed by atoms with van der Waals surface area (Å²) in [6, 6.07) is 80.1. The van der Waals surface area contributed by atoms with Crippen LogP contribution < -0.4 is 0 Å². The van der Waals surface area contributed by atoms with Gasteiger partial charge in [-0.3, -0.25) is 4.57 Å². The minimum absolute atomic E-state index is 0.167. The van der Waals surface area contributed by atoms with Crippen LogP contribution in [0.25, 0.3) is 133 Å². The standard InChI is InChI=1S/C66H43N5O/c1-66(2)55-25-13-9-21-46(55)47-34-33-44(37-56(47)66)53-38-45(39-54-50-24-12-16-28-59(50)72-62(53)54)70-57-26-14-10-22-48(57)51-35-36-52-49-23-11-15-27-58(49)71(61(52)60(51)70)65-68-63(42-19-7-4-8-20-42)67-64(69-65)43-31-29-41(30-32-43)40-17-5-3-6-18-40/h3-39H,1-2H3. The Hall–Kier alpha value is -9.39. The number of nitrogens with zero attached hydrogens (tertiary/aromatic N) is 5. The van der Waals surface area contributed by atoms with Crippen LogP contribution in [0.2, 0.25) is 0 Å². The van der Waals surface area contributed by atoms with Gasteiger partial charge in [0.15, 0.2) is 11.6 Å². The van der Waals surface area contributed by atoms with E-state index in [2.05, 4.69) is 223 Å². The van der Waals surface area contributed by atoms with Gasteiger partial charge in [0.25, 0.3) is 0 Å². The first-order valence-corrected chi connectivity index (χ1v) is 24.6. The van der Waals surface area contributed by atoms with Crippen LogP contribution in [0.5, 0.6) is 0 Å². The molecule has 338 valence electrons. The zero-order valence-corrected chi connectivity index (χ0v) is 39.5. The van der Waals surface area contributed by atoms with E-state index in [1.807, 2.05) is 24.3 Å². The van der Waals surface area contributed by atoms with Gasteiger partial charge in [-0.25, -0.2) is 4.98 Å². The van der Waals surface area contributed by atoms with E-state index in [1.165, 1.54) is 22.3 Å². The van der Waals surface area contributed by atoms with Crippen molar-refractivity contribution in [3.8, 4) is 67.8 Å². The van der Waals surface area contributed by atoms with Crippen molar-refractivity contribution in [3.63, 3.8) is 0 Å². The van der Waals surface area contributed by atoms with Crippen molar-refractivity contribution >= 4 is 65.6 Å². The minimum Gasteiger partial charge on any atom is -0.455 e. The van der Waals surface area contributed by atoms with Crippen molar-refractivity contribution in [1.82, 2.24) is 24.1 Å². The fraction of sp³-hybridized carbons (Fsp3) is 0.0455. The van der Waals surface area contributed by atoms with Gasteiger partial charge in [0.05, 0.1) is 22.1 Å². The van der Waals surface area contributed by atoms with Gasteiger partial charge in [0.2, 0.25) is 5.95 Å². The number of benzene rings is 10. The Balaban J connectivity index is 1.03. The summed E-state index contributed by atoms with van der Waals surface area (Å²) < 4.78 is 11.6. The van der Waals surface area contributed by atoms with Crippen molar-refractivity contribution in [2.24, 2.45) is 0 Å². The summed E-state index contributed by atoms with van der Waals surface area (Å²) in [4.78, 5) is 16.0. The van der Waals surface area contributed by atoms with Gasteiger partial charge in [0.1, 0.15) is 11.2 Å². The van der Waals surface area contributed by atoms with Crippen LogP contribution in [-0.2, 0) is 5.41 Å². The van der Waals surface area contributed by atoms with E-state index in [0.717, 1.165) is 105 Å². The lowest BCUT2D eigenvalue weighted by Gasteiger charge is -2.22. The summed E-state index contributed by atoms with van der Waals surface area (Å²) in [5.74, 6) is 1.74. The van der Waals surface area contributed by atoms with Crippen molar-refractivity contribution in [3.05, 3.63) is 236 Å². The maximum absolute atomic E-state index is 6.89. The lowest BCUT2D eigenvalue weighted by atomic mass is 9.81. The van der Waals surface area contributed by atoms with Crippen molar-refractivity contribution in [2.45, 2.75) is 19.3 Å². The van der Waals surface area contributed by atoms with E-state index in [9.17, 15) is 0 Å². The Labute approximate surface area is 414 Å². The number of rotatable bonds is 6. The first kappa shape index (κ1) is 40.5. The topological polar surface area (TPSA) is 61.7 Å². The quantitative estimate of drug-likeness (QED) is 0.167. The molecule has 4 heterocycles. The highest BCUT2D eigenvalue weighted by Crippen LogP contribution is 2.51. The van der Waals surface area contributed by atoms with Gasteiger partial charge >= 0.3 is 0 Å². The SMILES string of the molecule is CC1(C)c2ccccc2-c2ccc(-c3cc(-n4c5ccccc5c5ccc6c7ccccc7n(-c7nc(-c8ccccc8)nc(-c8ccc(-c9ccccc9)cc8)n7)c6c54)cc4c3oc3ccccc34)cc21. The van der Waals surface area contributed by atoms with Crippen LogP contribution in [0, 0.1) is 0 Å². The highest BCUT2D eigenvalue weighted by Gasteiger charge is 2.35. The predicted octanol–water partition coefficient (Wildman–Crippen LogP) is 16.9. The molecule has 0 spiro atoms. The maximum atomic E-state index is 6.89.